The van der Waals surface area contributed by atoms with Crippen molar-refractivity contribution < 1.29 is 33.7 Å². The number of alkyl carbamates (subject to hydrolysis) is 1. The second-order valence-electron chi connectivity index (χ2n) is 8.45. The van der Waals surface area contributed by atoms with E-state index in [4.69, 9.17) is 19.3 Å². The first-order chi connectivity index (χ1) is 16.5. The van der Waals surface area contributed by atoms with Gasteiger partial charge < -0.3 is 30.0 Å². The zero-order valence-corrected chi connectivity index (χ0v) is 18.9. The lowest BCUT2D eigenvalue weighted by molar-refractivity contribution is -0.141. The number of carbonyl (C=O) groups is 3. The van der Waals surface area contributed by atoms with Gasteiger partial charge in [-0.15, -0.1) is 0 Å². The predicted octanol–water partition coefficient (Wildman–Crippen LogP) is 2.15. The summed E-state index contributed by atoms with van der Waals surface area (Å²) in [5, 5.41) is 14.3. The van der Waals surface area contributed by atoms with Crippen LogP contribution in [-0.2, 0) is 23.8 Å². The third-order valence-electron chi connectivity index (χ3n) is 6.22. The minimum atomic E-state index is -0.961. The highest BCUT2D eigenvalue weighted by atomic mass is 16.5. The number of fused-ring (bicyclic) bond motifs is 3. The Labute approximate surface area is 197 Å². The van der Waals surface area contributed by atoms with Gasteiger partial charge in [-0.05, 0) is 28.7 Å². The molecule has 1 aliphatic heterocycles. The number of carboxylic acid groups (broad SMARTS) is 1. The Morgan fingerprint density at radius 1 is 1.09 bits per heavy atom. The van der Waals surface area contributed by atoms with Crippen molar-refractivity contribution in [2.24, 2.45) is 5.92 Å². The van der Waals surface area contributed by atoms with Crippen LogP contribution in [-0.4, -0.2) is 68.7 Å². The Morgan fingerprint density at radius 2 is 1.74 bits per heavy atom. The lowest BCUT2D eigenvalue weighted by Gasteiger charge is -2.20. The Kier molecular flexibility index (Phi) is 7.44. The van der Waals surface area contributed by atoms with Crippen LogP contribution in [0, 0.1) is 5.92 Å². The predicted molar refractivity (Wildman–Crippen MR) is 122 cm³/mol. The van der Waals surface area contributed by atoms with Crippen LogP contribution >= 0.6 is 0 Å². The summed E-state index contributed by atoms with van der Waals surface area (Å²) >= 11 is 0. The van der Waals surface area contributed by atoms with E-state index in [2.05, 4.69) is 22.8 Å². The van der Waals surface area contributed by atoms with Gasteiger partial charge in [0.25, 0.3) is 0 Å². The summed E-state index contributed by atoms with van der Waals surface area (Å²) in [6.07, 6.45) is -0.783. The van der Waals surface area contributed by atoms with Crippen LogP contribution in [0.1, 0.15) is 23.5 Å². The number of rotatable bonds is 9. The van der Waals surface area contributed by atoms with Crippen molar-refractivity contribution in [3.8, 4) is 11.1 Å². The molecule has 0 unspecified atom stereocenters. The highest BCUT2D eigenvalue weighted by Crippen LogP contribution is 2.44. The van der Waals surface area contributed by atoms with E-state index in [9.17, 15) is 14.4 Å². The zero-order chi connectivity index (χ0) is 24.1. The van der Waals surface area contributed by atoms with E-state index >= 15 is 0 Å². The minimum Gasteiger partial charge on any atom is -0.481 e. The van der Waals surface area contributed by atoms with E-state index in [1.165, 1.54) is 7.11 Å². The van der Waals surface area contributed by atoms with E-state index in [-0.39, 0.29) is 38.4 Å². The molecule has 0 saturated carbocycles. The topological polar surface area (TPSA) is 123 Å². The first kappa shape index (κ1) is 23.7. The van der Waals surface area contributed by atoms with E-state index < -0.39 is 29.9 Å². The molecule has 3 atom stereocenters. The summed E-state index contributed by atoms with van der Waals surface area (Å²) in [5.74, 6) is -2.04. The van der Waals surface area contributed by atoms with Crippen LogP contribution in [0.4, 0.5) is 4.79 Å². The van der Waals surface area contributed by atoms with Gasteiger partial charge >= 0.3 is 12.1 Å². The largest absolute Gasteiger partial charge is 0.481 e. The lowest BCUT2D eigenvalue weighted by atomic mass is 9.98. The highest BCUT2D eigenvalue weighted by Gasteiger charge is 2.32. The number of aliphatic carboxylic acids is 1. The molecule has 2 amide bonds. The molecule has 1 fully saturated rings. The van der Waals surface area contributed by atoms with Crippen LogP contribution < -0.4 is 10.6 Å². The van der Waals surface area contributed by atoms with Gasteiger partial charge in [0.2, 0.25) is 5.91 Å². The molecule has 2 aromatic rings. The van der Waals surface area contributed by atoms with Gasteiger partial charge in [-0.1, -0.05) is 48.5 Å². The average molecular weight is 469 g/mol. The second-order valence-corrected chi connectivity index (χ2v) is 8.45. The Morgan fingerprint density at radius 3 is 2.32 bits per heavy atom. The Hall–Kier alpha value is -3.43. The summed E-state index contributed by atoms with van der Waals surface area (Å²) in [4.78, 5) is 36.2. The van der Waals surface area contributed by atoms with Crippen LogP contribution in [0.5, 0.6) is 0 Å². The third kappa shape index (κ3) is 5.21. The van der Waals surface area contributed by atoms with E-state index in [0.717, 1.165) is 22.3 Å². The van der Waals surface area contributed by atoms with Gasteiger partial charge in [0, 0.05) is 19.6 Å². The molecule has 0 aromatic heterocycles. The molecule has 34 heavy (non-hydrogen) atoms. The zero-order valence-electron chi connectivity index (χ0n) is 18.9. The Bertz CT molecular complexity index is 1010. The molecule has 9 nitrogen and oxygen atoms in total. The second kappa shape index (κ2) is 10.7. The van der Waals surface area contributed by atoms with Crippen molar-refractivity contribution in [2.45, 2.75) is 24.5 Å². The normalized spacial score (nSPS) is 19.7. The van der Waals surface area contributed by atoms with Crippen molar-refractivity contribution >= 4 is 18.0 Å². The molecule has 0 radical (unpaired) electrons. The van der Waals surface area contributed by atoms with Crippen molar-refractivity contribution in [3.63, 3.8) is 0 Å². The number of benzene rings is 2. The quantitative estimate of drug-likeness (QED) is 0.515. The van der Waals surface area contributed by atoms with Crippen molar-refractivity contribution in [1.29, 1.82) is 0 Å². The lowest BCUT2D eigenvalue weighted by Crippen LogP contribution is -2.50. The molecule has 2 aliphatic rings. The number of hydrogen-bond donors (Lipinski definition) is 3. The first-order valence-electron chi connectivity index (χ1n) is 11.2. The summed E-state index contributed by atoms with van der Waals surface area (Å²) < 4.78 is 16.0. The molecule has 3 N–H and O–H groups in total. The standard InChI is InChI=1S/C25H28N2O7/c1-32-14-22(23(28)26-11-16-10-15(12-33-16)24(29)30)27-25(31)34-13-21-19-8-4-2-6-17(19)18-7-3-5-9-20(18)21/h2-9,15-16,21-22H,10-14H2,1H3,(H,26,28)(H,27,31)(H,29,30)/t15-,16-,22+/m1/s1. The maximum atomic E-state index is 12.6. The fraction of sp³-hybridized carbons (Fsp3) is 0.400. The molecule has 1 heterocycles. The smallest absolute Gasteiger partial charge is 0.407 e. The molecule has 2 aromatic carbocycles. The van der Waals surface area contributed by atoms with Crippen molar-refractivity contribution in [1.82, 2.24) is 10.6 Å². The van der Waals surface area contributed by atoms with Gasteiger partial charge in [-0.25, -0.2) is 4.79 Å². The molecule has 9 heteroatoms. The van der Waals surface area contributed by atoms with Crippen LogP contribution in [0.15, 0.2) is 48.5 Å². The van der Waals surface area contributed by atoms with Gasteiger partial charge in [0.05, 0.1) is 25.2 Å². The van der Waals surface area contributed by atoms with Crippen molar-refractivity contribution in [3.05, 3.63) is 59.7 Å². The summed E-state index contributed by atoms with van der Waals surface area (Å²) in [6, 6.07) is 15.1. The van der Waals surface area contributed by atoms with E-state index in [1.54, 1.807) is 0 Å². The molecular formula is C25H28N2O7. The van der Waals surface area contributed by atoms with E-state index in [0.29, 0.717) is 6.42 Å². The maximum Gasteiger partial charge on any atom is 0.407 e. The number of methoxy groups -OCH3 is 1. The number of carboxylic acids is 1. The van der Waals surface area contributed by atoms with Crippen molar-refractivity contribution in [2.75, 3.05) is 33.5 Å². The van der Waals surface area contributed by atoms with Crippen LogP contribution in [0.2, 0.25) is 0 Å². The highest BCUT2D eigenvalue weighted by molar-refractivity contribution is 5.86. The monoisotopic (exact) mass is 468 g/mol. The van der Waals surface area contributed by atoms with Gasteiger partial charge in [-0.2, -0.15) is 0 Å². The fourth-order valence-corrected chi connectivity index (χ4v) is 4.49. The maximum absolute atomic E-state index is 12.6. The molecule has 4 rings (SSSR count). The SMILES string of the molecule is COC[C@H](NC(=O)OCC1c2ccccc2-c2ccccc21)C(=O)NC[C@H]1C[C@@H](C(=O)O)CO1. The number of amides is 2. The number of carbonyl (C=O) groups excluding carboxylic acids is 2. The van der Waals surface area contributed by atoms with Gasteiger partial charge in [-0.3, -0.25) is 9.59 Å². The third-order valence-corrected chi connectivity index (χ3v) is 6.22. The van der Waals surface area contributed by atoms with Crippen LogP contribution in [0.3, 0.4) is 0 Å². The summed E-state index contributed by atoms with van der Waals surface area (Å²) in [5.41, 5.74) is 4.45. The number of hydrogen-bond acceptors (Lipinski definition) is 6. The molecule has 1 aliphatic carbocycles. The summed E-state index contributed by atoms with van der Waals surface area (Å²) in [7, 11) is 1.43. The average Bonchev–Trinajstić information content (AvgIpc) is 3.44. The Balaban J connectivity index is 1.31. The molecule has 0 spiro atoms. The molecule has 1 saturated heterocycles. The fourth-order valence-electron chi connectivity index (χ4n) is 4.49. The van der Waals surface area contributed by atoms with Gasteiger partial charge in [0.1, 0.15) is 12.6 Å². The van der Waals surface area contributed by atoms with Crippen LogP contribution in [0.25, 0.3) is 11.1 Å². The molecule has 0 bridgehead atoms. The van der Waals surface area contributed by atoms with Gasteiger partial charge in [0.15, 0.2) is 0 Å². The molecule has 180 valence electrons. The summed E-state index contributed by atoms with van der Waals surface area (Å²) in [6.45, 7) is 0.359. The minimum absolute atomic E-state index is 0.0424. The molecular weight excluding hydrogens is 440 g/mol. The first-order valence-corrected chi connectivity index (χ1v) is 11.2. The van der Waals surface area contributed by atoms with E-state index in [1.807, 2.05) is 36.4 Å². The number of ether oxygens (including phenoxy) is 3. The number of nitrogens with one attached hydrogen (secondary N) is 2.